The fraction of sp³-hybridized carbons (Fsp3) is 0.300. The Morgan fingerprint density at radius 3 is 2.42 bits per heavy atom. The van der Waals surface area contributed by atoms with Gasteiger partial charge in [0.2, 0.25) is 0 Å². The molecule has 1 N–H and O–H groups in total. The van der Waals surface area contributed by atoms with Crippen LogP contribution in [0.1, 0.15) is 21.5 Å². The number of amides is 1. The van der Waals surface area contributed by atoms with Crippen molar-refractivity contribution in [1.82, 2.24) is 5.32 Å². The highest BCUT2D eigenvalue weighted by Gasteiger charge is 2.13. The number of carbonyl (C=O) groups is 2. The van der Waals surface area contributed by atoms with Crippen molar-refractivity contribution in [2.75, 3.05) is 27.4 Å². The molecule has 0 fully saturated rings. The van der Waals surface area contributed by atoms with Gasteiger partial charge in [-0.2, -0.15) is 0 Å². The number of aryl methyl sites for hydroxylation is 1. The Hall–Kier alpha value is -3.02. The Labute approximate surface area is 153 Å². The summed E-state index contributed by atoms with van der Waals surface area (Å²) in [6, 6.07) is 12.7. The lowest BCUT2D eigenvalue weighted by atomic mass is 10.1. The van der Waals surface area contributed by atoms with Crippen LogP contribution in [0.25, 0.3) is 0 Å². The van der Waals surface area contributed by atoms with E-state index in [-0.39, 0.29) is 18.1 Å². The molecule has 2 rings (SSSR count). The molecule has 6 nitrogen and oxygen atoms in total. The number of methoxy groups -OCH3 is 2. The Morgan fingerprint density at radius 2 is 1.73 bits per heavy atom. The van der Waals surface area contributed by atoms with Gasteiger partial charge in [0.25, 0.3) is 5.91 Å². The van der Waals surface area contributed by atoms with Crippen molar-refractivity contribution in [2.45, 2.75) is 13.3 Å². The number of carbonyl (C=O) groups excluding carboxylic acids is 2. The lowest BCUT2D eigenvalue weighted by molar-refractivity contribution is -0.124. The quantitative estimate of drug-likeness (QED) is 0.735. The Kier molecular flexibility index (Phi) is 7.02. The maximum atomic E-state index is 12.1. The van der Waals surface area contributed by atoms with Crippen molar-refractivity contribution in [3.63, 3.8) is 0 Å². The minimum Gasteiger partial charge on any atom is -0.493 e. The van der Waals surface area contributed by atoms with Crippen LogP contribution < -0.4 is 14.8 Å². The lowest BCUT2D eigenvalue weighted by Crippen LogP contribution is -2.30. The molecule has 0 saturated heterocycles. The van der Waals surface area contributed by atoms with E-state index in [9.17, 15) is 9.59 Å². The summed E-state index contributed by atoms with van der Waals surface area (Å²) in [4.78, 5) is 23.9. The smallest absolute Gasteiger partial charge is 0.338 e. The van der Waals surface area contributed by atoms with Crippen LogP contribution >= 0.6 is 0 Å². The van der Waals surface area contributed by atoms with Crippen molar-refractivity contribution in [2.24, 2.45) is 0 Å². The fourth-order valence-corrected chi connectivity index (χ4v) is 2.46. The fourth-order valence-electron chi connectivity index (χ4n) is 2.46. The van der Waals surface area contributed by atoms with E-state index in [2.05, 4.69) is 5.32 Å². The summed E-state index contributed by atoms with van der Waals surface area (Å²) >= 11 is 0. The molecule has 6 heteroatoms. The molecule has 0 spiro atoms. The third-order valence-electron chi connectivity index (χ3n) is 3.93. The highest BCUT2D eigenvalue weighted by atomic mass is 16.5. The van der Waals surface area contributed by atoms with Crippen LogP contribution in [0, 0.1) is 6.92 Å². The van der Waals surface area contributed by atoms with Crippen LogP contribution in [0.4, 0.5) is 0 Å². The lowest BCUT2D eigenvalue weighted by Gasteiger charge is -2.10. The predicted octanol–water partition coefficient (Wildman–Crippen LogP) is 2.53. The van der Waals surface area contributed by atoms with Crippen LogP contribution in [-0.4, -0.2) is 39.2 Å². The summed E-state index contributed by atoms with van der Waals surface area (Å²) < 4.78 is 15.3. The van der Waals surface area contributed by atoms with E-state index in [1.165, 1.54) is 31.4 Å². The zero-order valence-corrected chi connectivity index (χ0v) is 15.2. The first-order chi connectivity index (χ1) is 12.5. The van der Waals surface area contributed by atoms with Gasteiger partial charge in [0.1, 0.15) is 0 Å². The molecule has 0 saturated carbocycles. The largest absolute Gasteiger partial charge is 0.493 e. The van der Waals surface area contributed by atoms with E-state index in [1.54, 1.807) is 12.1 Å². The predicted molar refractivity (Wildman–Crippen MR) is 97.7 cm³/mol. The molecule has 0 unspecified atom stereocenters. The number of rotatable bonds is 8. The second-order valence-corrected chi connectivity index (χ2v) is 5.67. The molecule has 0 aliphatic carbocycles. The average molecular weight is 357 g/mol. The molecule has 1 amide bonds. The van der Waals surface area contributed by atoms with E-state index in [1.807, 2.05) is 31.2 Å². The summed E-state index contributed by atoms with van der Waals surface area (Å²) in [6.45, 7) is 2.18. The highest BCUT2D eigenvalue weighted by molar-refractivity contribution is 5.92. The van der Waals surface area contributed by atoms with Crippen molar-refractivity contribution >= 4 is 11.9 Å². The van der Waals surface area contributed by atoms with Crippen molar-refractivity contribution in [3.05, 3.63) is 59.2 Å². The second kappa shape index (κ2) is 9.46. The third-order valence-corrected chi connectivity index (χ3v) is 3.93. The van der Waals surface area contributed by atoms with Gasteiger partial charge in [-0.05, 0) is 42.7 Å². The Balaban J connectivity index is 1.80. The van der Waals surface area contributed by atoms with Gasteiger partial charge in [-0.25, -0.2) is 4.79 Å². The van der Waals surface area contributed by atoms with Gasteiger partial charge in [0, 0.05) is 6.54 Å². The maximum absolute atomic E-state index is 12.1. The SMILES string of the molecule is COc1ccc(C(=O)OCC(=O)NCCc2ccccc2C)cc1OC. The number of hydrogen-bond donors (Lipinski definition) is 1. The zero-order chi connectivity index (χ0) is 18.9. The van der Waals surface area contributed by atoms with Gasteiger partial charge in [-0.3, -0.25) is 4.79 Å². The molecule has 0 aromatic heterocycles. The molecule has 0 bridgehead atoms. The summed E-state index contributed by atoms with van der Waals surface area (Å²) in [5, 5.41) is 2.75. The van der Waals surface area contributed by atoms with E-state index in [4.69, 9.17) is 14.2 Å². The molecule has 2 aromatic carbocycles. The number of ether oxygens (including phenoxy) is 3. The van der Waals surface area contributed by atoms with Gasteiger partial charge in [-0.1, -0.05) is 24.3 Å². The molecule has 26 heavy (non-hydrogen) atoms. The Morgan fingerprint density at radius 1 is 1.00 bits per heavy atom. The first kappa shape index (κ1) is 19.3. The minimum atomic E-state index is -0.597. The summed E-state index contributed by atoms with van der Waals surface area (Å²) in [7, 11) is 2.99. The standard InChI is InChI=1S/C20H23NO5/c1-14-6-4-5-7-15(14)10-11-21-19(22)13-26-20(23)16-8-9-17(24-2)18(12-16)25-3/h4-9,12H,10-11,13H2,1-3H3,(H,21,22). The van der Waals surface area contributed by atoms with Gasteiger partial charge >= 0.3 is 5.97 Å². The molecule has 0 aliphatic heterocycles. The summed E-state index contributed by atoms with van der Waals surface area (Å²) in [5.41, 5.74) is 2.65. The topological polar surface area (TPSA) is 73.9 Å². The third kappa shape index (κ3) is 5.24. The van der Waals surface area contributed by atoms with Crippen LogP contribution in [0.2, 0.25) is 0 Å². The van der Waals surface area contributed by atoms with Gasteiger partial charge in [0.05, 0.1) is 19.8 Å². The number of esters is 1. The van der Waals surface area contributed by atoms with Crippen LogP contribution in [-0.2, 0) is 16.0 Å². The zero-order valence-electron chi connectivity index (χ0n) is 15.2. The first-order valence-electron chi connectivity index (χ1n) is 8.25. The van der Waals surface area contributed by atoms with E-state index < -0.39 is 5.97 Å². The van der Waals surface area contributed by atoms with E-state index in [0.29, 0.717) is 18.0 Å². The van der Waals surface area contributed by atoms with Crippen LogP contribution in [0.5, 0.6) is 11.5 Å². The summed E-state index contributed by atoms with van der Waals surface area (Å²) in [5.74, 6) is -0.00458. The van der Waals surface area contributed by atoms with Gasteiger partial charge < -0.3 is 19.5 Å². The highest BCUT2D eigenvalue weighted by Crippen LogP contribution is 2.27. The molecule has 0 aliphatic rings. The first-order valence-corrected chi connectivity index (χ1v) is 8.25. The molecule has 138 valence electrons. The minimum absolute atomic E-state index is 0.287. The number of nitrogens with one attached hydrogen (secondary N) is 1. The van der Waals surface area contributed by atoms with E-state index >= 15 is 0 Å². The number of benzene rings is 2. The molecular weight excluding hydrogens is 334 g/mol. The number of hydrogen-bond acceptors (Lipinski definition) is 5. The van der Waals surface area contributed by atoms with Gasteiger partial charge in [-0.15, -0.1) is 0 Å². The normalized spacial score (nSPS) is 10.1. The van der Waals surface area contributed by atoms with Crippen molar-refractivity contribution in [1.29, 1.82) is 0 Å². The molecule has 0 atom stereocenters. The summed E-state index contributed by atoms with van der Waals surface area (Å²) in [6.07, 6.45) is 0.724. The average Bonchev–Trinajstić information content (AvgIpc) is 2.67. The molecular formula is C20H23NO5. The van der Waals surface area contributed by atoms with Crippen molar-refractivity contribution in [3.8, 4) is 11.5 Å². The van der Waals surface area contributed by atoms with Crippen LogP contribution in [0.3, 0.4) is 0 Å². The van der Waals surface area contributed by atoms with Crippen LogP contribution in [0.15, 0.2) is 42.5 Å². The molecule has 0 heterocycles. The van der Waals surface area contributed by atoms with E-state index in [0.717, 1.165) is 6.42 Å². The molecule has 2 aromatic rings. The molecule has 0 radical (unpaired) electrons. The van der Waals surface area contributed by atoms with Crippen molar-refractivity contribution < 1.29 is 23.8 Å². The second-order valence-electron chi connectivity index (χ2n) is 5.67. The van der Waals surface area contributed by atoms with Gasteiger partial charge in [0.15, 0.2) is 18.1 Å². The Bertz CT molecular complexity index is 773. The monoisotopic (exact) mass is 357 g/mol. The maximum Gasteiger partial charge on any atom is 0.338 e.